The molecule has 3 rings (SSSR count). The number of rotatable bonds is 3. The van der Waals surface area contributed by atoms with E-state index in [1.165, 1.54) is 12.3 Å². The van der Waals surface area contributed by atoms with E-state index in [2.05, 4.69) is 4.98 Å². The lowest BCUT2D eigenvalue weighted by atomic mass is 9.97. The molecule has 0 fully saturated rings. The summed E-state index contributed by atoms with van der Waals surface area (Å²) in [6.45, 7) is 2.57. The molecule has 4 nitrogen and oxygen atoms in total. The van der Waals surface area contributed by atoms with Crippen molar-refractivity contribution in [2.45, 2.75) is 25.4 Å². The molecule has 0 saturated heterocycles. The third kappa shape index (κ3) is 2.56. The number of carbonyl (C=O) groups is 1. The number of hydrogen-bond donors (Lipinski definition) is 1. The molecule has 2 atom stereocenters. The SMILES string of the molecule is CC(c1ccc(F)cn1)N1CCc2sccc2C1C(=O)O. The molecule has 21 heavy (non-hydrogen) atoms. The number of fused-ring (bicyclic) bond motifs is 1. The predicted octanol–water partition coefficient (Wildman–Crippen LogP) is 3.03. The van der Waals surface area contributed by atoms with Gasteiger partial charge in [-0.3, -0.25) is 14.7 Å². The van der Waals surface area contributed by atoms with Gasteiger partial charge in [0.2, 0.25) is 0 Å². The maximum Gasteiger partial charge on any atom is 0.325 e. The second kappa shape index (κ2) is 5.54. The zero-order chi connectivity index (χ0) is 15.0. The van der Waals surface area contributed by atoms with E-state index >= 15 is 0 Å². The summed E-state index contributed by atoms with van der Waals surface area (Å²) in [4.78, 5) is 18.8. The highest BCUT2D eigenvalue weighted by molar-refractivity contribution is 7.10. The van der Waals surface area contributed by atoms with E-state index < -0.39 is 12.0 Å². The van der Waals surface area contributed by atoms with E-state index in [1.807, 2.05) is 23.3 Å². The molecular formula is C15H15FN2O2S. The molecule has 0 saturated carbocycles. The first kappa shape index (κ1) is 14.2. The minimum Gasteiger partial charge on any atom is -0.480 e. The van der Waals surface area contributed by atoms with Gasteiger partial charge in [0.05, 0.1) is 17.9 Å². The highest BCUT2D eigenvalue weighted by Gasteiger charge is 2.36. The number of nitrogens with zero attached hydrogens (tertiary/aromatic N) is 2. The van der Waals surface area contributed by atoms with Gasteiger partial charge in [-0.2, -0.15) is 0 Å². The van der Waals surface area contributed by atoms with Crippen molar-refractivity contribution in [2.75, 3.05) is 6.54 Å². The number of carboxylic acids is 1. The van der Waals surface area contributed by atoms with Crippen molar-refractivity contribution in [3.8, 4) is 0 Å². The second-order valence-corrected chi connectivity index (χ2v) is 6.11. The summed E-state index contributed by atoms with van der Waals surface area (Å²) in [6, 6.07) is 4.01. The average Bonchev–Trinajstić information content (AvgIpc) is 2.94. The Kier molecular flexibility index (Phi) is 3.73. The number of hydrogen-bond acceptors (Lipinski definition) is 4. The lowest BCUT2D eigenvalue weighted by molar-refractivity contribution is -0.145. The zero-order valence-electron chi connectivity index (χ0n) is 11.5. The van der Waals surface area contributed by atoms with Gasteiger partial charge in [-0.25, -0.2) is 4.39 Å². The van der Waals surface area contributed by atoms with Crippen molar-refractivity contribution in [1.29, 1.82) is 0 Å². The van der Waals surface area contributed by atoms with Gasteiger partial charge in [-0.1, -0.05) is 0 Å². The number of aromatic nitrogens is 1. The number of aliphatic carboxylic acids is 1. The lowest BCUT2D eigenvalue weighted by Gasteiger charge is -2.37. The maximum absolute atomic E-state index is 13.0. The van der Waals surface area contributed by atoms with E-state index in [0.29, 0.717) is 12.2 Å². The second-order valence-electron chi connectivity index (χ2n) is 5.10. The van der Waals surface area contributed by atoms with Gasteiger partial charge in [-0.05, 0) is 42.5 Å². The molecule has 3 heterocycles. The molecule has 0 radical (unpaired) electrons. The molecule has 110 valence electrons. The molecule has 0 bridgehead atoms. The van der Waals surface area contributed by atoms with Crippen LogP contribution >= 0.6 is 11.3 Å². The van der Waals surface area contributed by atoms with E-state index in [0.717, 1.165) is 16.9 Å². The Labute approximate surface area is 125 Å². The van der Waals surface area contributed by atoms with Crippen LogP contribution in [0.15, 0.2) is 29.8 Å². The predicted molar refractivity (Wildman–Crippen MR) is 77.7 cm³/mol. The van der Waals surface area contributed by atoms with E-state index in [9.17, 15) is 14.3 Å². The van der Waals surface area contributed by atoms with Crippen molar-refractivity contribution in [3.63, 3.8) is 0 Å². The Morgan fingerprint density at radius 1 is 1.52 bits per heavy atom. The standard InChI is InChI=1S/C15H15FN2O2S/c1-9(12-3-2-10(16)8-17-12)18-6-4-13-11(5-7-21-13)14(18)15(19)20/h2-3,5,7-9,14H,4,6H2,1H3,(H,19,20). The molecule has 1 aliphatic rings. The summed E-state index contributed by atoms with van der Waals surface area (Å²) in [5.41, 5.74) is 1.55. The van der Waals surface area contributed by atoms with Gasteiger partial charge in [0, 0.05) is 11.4 Å². The fourth-order valence-corrected chi connectivity index (χ4v) is 3.74. The Bertz CT molecular complexity index is 656. The smallest absolute Gasteiger partial charge is 0.325 e. The highest BCUT2D eigenvalue weighted by Crippen LogP contribution is 2.38. The summed E-state index contributed by atoms with van der Waals surface area (Å²) in [5.74, 6) is -1.25. The summed E-state index contributed by atoms with van der Waals surface area (Å²) >= 11 is 1.60. The van der Waals surface area contributed by atoms with Crippen molar-refractivity contribution in [2.24, 2.45) is 0 Å². The number of thiophene rings is 1. The van der Waals surface area contributed by atoms with Crippen molar-refractivity contribution in [1.82, 2.24) is 9.88 Å². The minimum atomic E-state index is -0.858. The van der Waals surface area contributed by atoms with Crippen LogP contribution in [0, 0.1) is 5.82 Å². The Hall–Kier alpha value is -1.79. The van der Waals surface area contributed by atoms with Gasteiger partial charge in [0.1, 0.15) is 11.9 Å². The Morgan fingerprint density at radius 2 is 2.33 bits per heavy atom. The minimum absolute atomic E-state index is 0.181. The molecule has 0 aliphatic carbocycles. The lowest BCUT2D eigenvalue weighted by Crippen LogP contribution is -2.40. The fraction of sp³-hybridized carbons (Fsp3) is 0.333. The van der Waals surface area contributed by atoms with E-state index in [-0.39, 0.29) is 11.9 Å². The topological polar surface area (TPSA) is 53.4 Å². The van der Waals surface area contributed by atoms with Gasteiger partial charge in [-0.15, -0.1) is 11.3 Å². The molecule has 1 aliphatic heterocycles. The monoisotopic (exact) mass is 306 g/mol. The van der Waals surface area contributed by atoms with Crippen LogP contribution in [0.1, 0.15) is 35.1 Å². The van der Waals surface area contributed by atoms with Crippen LogP contribution in [-0.4, -0.2) is 27.5 Å². The Morgan fingerprint density at radius 3 is 3.00 bits per heavy atom. The van der Waals surface area contributed by atoms with Crippen LogP contribution in [0.5, 0.6) is 0 Å². The first-order valence-electron chi connectivity index (χ1n) is 6.74. The highest BCUT2D eigenvalue weighted by atomic mass is 32.1. The van der Waals surface area contributed by atoms with Gasteiger partial charge < -0.3 is 5.11 Å². The van der Waals surface area contributed by atoms with E-state index in [4.69, 9.17) is 0 Å². The largest absolute Gasteiger partial charge is 0.480 e. The zero-order valence-corrected chi connectivity index (χ0v) is 12.3. The first-order chi connectivity index (χ1) is 10.1. The molecular weight excluding hydrogens is 291 g/mol. The fourth-order valence-electron chi connectivity index (χ4n) is 2.83. The van der Waals surface area contributed by atoms with Crippen molar-refractivity contribution in [3.05, 3.63) is 51.7 Å². The molecule has 2 unspecified atom stereocenters. The summed E-state index contributed by atoms with van der Waals surface area (Å²) < 4.78 is 13.0. The average molecular weight is 306 g/mol. The molecule has 0 spiro atoms. The molecule has 2 aromatic rings. The quantitative estimate of drug-likeness (QED) is 0.947. The normalized spacial score (nSPS) is 20.0. The summed E-state index contributed by atoms with van der Waals surface area (Å²) in [7, 11) is 0. The van der Waals surface area contributed by atoms with Crippen LogP contribution in [0.3, 0.4) is 0 Å². The first-order valence-corrected chi connectivity index (χ1v) is 7.62. The summed E-state index contributed by atoms with van der Waals surface area (Å²) in [6.07, 6.45) is 2.00. The summed E-state index contributed by atoms with van der Waals surface area (Å²) in [5, 5.41) is 11.5. The van der Waals surface area contributed by atoms with Crippen LogP contribution in [0.25, 0.3) is 0 Å². The molecule has 2 aromatic heterocycles. The van der Waals surface area contributed by atoms with Crippen molar-refractivity contribution >= 4 is 17.3 Å². The van der Waals surface area contributed by atoms with Crippen LogP contribution < -0.4 is 0 Å². The van der Waals surface area contributed by atoms with Crippen LogP contribution in [0.4, 0.5) is 4.39 Å². The van der Waals surface area contributed by atoms with Crippen molar-refractivity contribution < 1.29 is 14.3 Å². The van der Waals surface area contributed by atoms with Gasteiger partial charge >= 0.3 is 5.97 Å². The van der Waals surface area contributed by atoms with Gasteiger partial charge in [0.15, 0.2) is 0 Å². The molecule has 0 aromatic carbocycles. The van der Waals surface area contributed by atoms with Crippen LogP contribution in [-0.2, 0) is 11.2 Å². The molecule has 0 amide bonds. The molecule has 1 N–H and O–H groups in total. The van der Waals surface area contributed by atoms with Crippen LogP contribution in [0.2, 0.25) is 0 Å². The van der Waals surface area contributed by atoms with E-state index in [1.54, 1.807) is 17.4 Å². The third-order valence-electron chi connectivity index (χ3n) is 3.91. The number of carboxylic acid groups (broad SMARTS) is 1. The Balaban J connectivity index is 1.94. The third-order valence-corrected chi connectivity index (χ3v) is 4.91. The number of pyridine rings is 1. The molecule has 6 heteroatoms. The number of halogens is 1. The maximum atomic E-state index is 13.0. The van der Waals surface area contributed by atoms with Gasteiger partial charge in [0.25, 0.3) is 0 Å².